The van der Waals surface area contributed by atoms with Gasteiger partial charge in [0.2, 0.25) is 0 Å². The van der Waals surface area contributed by atoms with Crippen molar-refractivity contribution >= 4 is 28.1 Å². The van der Waals surface area contributed by atoms with Gasteiger partial charge in [0.15, 0.2) is 5.13 Å². The van der Waals surface area contributed by atoms with Gasteiger partial charge in [-0.2, -0.15) is 0 Å². The van der Waals surface area contributed by atoms with Crippen LogP contribution < -0.4 is 5.73 Å². The third-order valence-electron chi connectivity index (χ3n) is 3.17. The second-order valence-electron chi connectivity index (χ2n) is 4.76. The monoisotopic (exact) mass is 295 g/mol. The number of nitrogens with two attached hydrogens (primary N) is 1. The fourth-order valence-electron chi connectivity index (χ4n) is 1.91. The first-order valence-electron chi connectivity index (χ1n) is 6.19. The second kappa shape index (κ2) is 6.37. The third kappa shape index (κ3) is 4.20. The first-order valence-corrected chi connectivity index (χ1v) is 7.39. The molecular weight excluding hydrogens is 278 g/mol. The molecule has 1 heterocycles. The molecule has 0 radical (unpaired) electrons. The van der Waals surface area contributed by atoms with Crippen LogP contribution in [0.2, 0.25) is 5.02 Å². The Morgan fingerprint density at radius 2 is 2.05 bits per heavy atom. The second-order valence-corrected chi connectivity index (χ2v) is 6.34. The van der Waals surface area contributed by atoms with Gasteiger partial charge in [-0.05, 0) is 38.1 Å². The number of hydrogen-bond donors (Lipinski definition) is 1. The van der Waals surface area contributed by atoms with Gasteiger partial charge in [-0.25, -0.2) is 4.98 Å². The number of nitrogen functional groups attached to an aromatic ring is 1. The maximum atomic E-state index is 5.89. The summed E-state index contributed by atoms with van der Waals surface area (Å²) in [5.41, 5.74) is 6.94. The van der Waals surface area contributed by atoms with Gasteiger partial charge < -0.3 is 5.73 Å². The van der Waals surface area contributed by atoms with Crippen molar-refractivity contribution in [2.24, 2.45) is 0 Å². The normalized spacial score (nSPS) is 12.8. The summed E-state index contributed by atoms with van der Waals surface area (Å²) in [7, 11) is 2.12. The summed E-state index contributed by atoms with van der Waals surface area (Å²) < 4.78 is 0. The van der Waals surface area contributed by atoms with Crippen LogP contribution in [0.1, 0.15) is 17.4 Å². The van der Waals surface area contributed by atoms with Crippen LogP contribution in [0, 0.1) is 0 Å². The zero-order valence-electron chi connectivity index (χ0n) is 11.1. The van der Waals surface area contributed by atoms with E-state index in [9.17, 15) is 0 Å². The van der Waals surface area contributed by atoms with Gasteiger partial charge >= 0.3 is 0 Å². The van der Waals surface area contributed by atoms with E-state index < -0.39 is 0 Å². The van der Waals surface area contributed by atoms with Crippen LogP contribution in [0.3, 0.4) is 0 Å². The first kappa shape index (κ1) is 14.3. The molecule has 2 aromatic rings. The molecule has 0 amide bonds. The minimum atomic E-state index is 0.449. The number of hydrogen-bond acceptors (Lipinski definition) is 4. The highest BCUT2D eigenvalue weighted by Crippen LogP contribution is 2.18. The first-order chi connectivity index (χ1) is 9.04. The fraction of sp³-hybridized carbons (Fsp3) is 0.357. The van der Waals surface area contributed by atoms with Crippen molar-refractivity contribution in [2.75, 3.05) is 12.8 Å². The molecule has 0 fully saturated rings. The topological polar surface area (TPSA) is 42.2 Å². The Labute approximate surface area is 123 Å². The zero-order valence-corrected chi connectivity index (χ0v) is 12.7. The van der Waals surface area contributed by atoms with Gasteiger partial charge in [-0.15, -0.1) is 11.3 Å². The van der Waals surface area contributed by atoms with Crippen LogP contribution in [0.4, 0.5) is 5.13 Å². The average molecular weight is 296 g/mol. The van der Waals surface area contributed by atoms with Crippen LogP contribution in [0.15, 0.2) is 30.5 Å². The number of rotatable bonds is 5. The Bertz CT molecular complexity index is 524. The van der Waals surface area contributed by atoms with E-state index in [0.717, 1.165) is 18.0 Å². The van der Waals surface area contributed by atoms with Crippen LogP contribution in [-0.2, 0) is 13.0 Å². The number of thiazole rings is 1. The van der Waals surface area contributed by atoms with Crippen molar-refractivity contribution in [3.05, 3.63) is 45.9 Å². The van der Waals surface area contributed by atoms with Crippen molar-refractivity contribution in [1.29, 1.82) is 0 Å². The molecule has 0 aliphatic heterocycles. The lowest BCUT2D eigenvalue weighted by Gasteiger charge is -2.24. The van der Waals surface area contributed by atoms with Crippen LogP contribution in [0.25, 0.3) is 0 Å². The Morgan fingerprint density at radius 1 is 1.37 bits per heavy atom. The number of anilines is 1. The molecule has 2 rings (SSSR count). The van der Waals surface area contributed by atoms with Gasteiger partial charge in [0.05, 0.1) is 0 Å². The number of nitrogens with zero attached hydrogens (tertiary/aromatic N) is 2. The smallest absolute Gasteiger partial charge is 0.180 e. The van der Waals surface area contributed by atoms with Crippen molar-refractivity contribution in [2.45, 2.75) is 25.9 Å². The van der Waals surface area contributed by atoms with E-state index in [1.807, 2.05) is 18.3 Å². The summed E-state index contributed by atoms with van der Waals surface area (Å²) >= 11 is 7.44. The molecule has 2 N–H and O–H groups in total. The lowest BCUT2D eigenvalue weighted by molar-refractivity contribution is 0.250. The molecule has 1 unspecified atom stereocenters. The summed E-state index contributed by atoms with van der Waals surface area (Å²) in [4.78, 5) is 7.58. The van der Waals surface area contributed by atoms with E-state index in [2.05, 4.69) is 36.0 Å². The summed E-state index contributed by atoms with van der Waals surface area (Å²) in [6.45, 7) is 3.10. The van der Waals surface area contributed by atoms with Crippen LogP contribution in [-0.4, -0.2) is 23.0 Å². The molecule has 0 bridgehead atoms. The van der Waals surface area contributed by atoms with Gasteiger partial charge in [0, 0.05) is 28.7 Å². The summed E-state index contributed by atoms with van der Waals surface area (Å²) in [5, 5.41) is 1.42. The summed E-state index contributed by atoms with van der Waals surface area (Å²) in [6.07, 6.45) is 2.85. The Hall–Kier alpha value is -1.10. The molecule has 0 aliphatic rings. The highest BCUT2D eigenvalue weighted by molar-refractivity contribution is 7.15. The Balaban J connectivity index is 1.91. The minimum absolute atomic E-state index is 0.449. The molecular formula is C14H18ClN3S. The van der Waals surface area contributed by atoms with E-state index in [1.165, 1.54) is 10.4 Å². The molecule has 0 aliphatic carbocycles. The van der Waals surface area contributed by atoms with E-state index in [1.54, 1.807) is 11.3 Å². The van der Waals surface area contributed by atoms with Gasteiger partial charge in [0.25, 0.3) is 0 Å². The molecule has 0 saturated heterocycles. The fourth-order valence-corrected chi connectivity index (χ4v) is 2.79. The van der Waals surface area contributed by atoms with Crippen LogP contribution >= 0.6 is 22.9 Å². The number of benzene rings is 1. The maximum Gasteiger partial charge on any atom is 0.180 e. The standard InChI is InChI=1S/C14H18ClN3S/c1-10(7-11-3-5-12(15)6-4-11)18(2)9-13-8-17-14(16)19-13/h3-6,8,10H,7,9H2,1-2H3,(H2,16,17). The van der Waals surface area contributed by atoms with Crippen molar-refractivity contribution in [1.82, 2.24) is 9.88 Å². The number of halogens is 1. The lowest BCUT2D eigenvalue weighted by atomic mass is 10.1. The van der Waals surface area contributed by atoms with E-state index in [4.69, 9.17) is 17.3 Å². The largest absolute Gasteiger partial charge is 0.375 e. The molecule has 102 valence electrons. The molecule has 1 aromatic carbocycles. The highest BCUT2D eigenvalue weighted by atomic mass is 35.5. The molecule has 1 atom stereocenters. The van der Waals surface area contributed by atoms with Crippen molar-refractivity contribution in [3.63, 3.8) is 0 Å². The summed E-state index contributed by atoms with van der Waals surface area (Å²) in [6, 6.07) is 8.49. The van der Waals surface area contributed by atoms with Crippen LogP contribution in [0.5, 0.6) is 0 Å². The Kier molecular flexibility index (Phi) is 4.80. The third-order valence-corrected chi connectivity index (χ3v) is 4.24. The Morgan fingerprint density at radius 3 is 2.63 bits per heavy atom. The summed E-state index contributed by atoms with van der Waals surface area (Å²) in [5.74, 6) is 0. The van der Waals surface area contributed by atoms with Crippen molar-refractivity contribution < 1.29 is 0 Å². The number of likely N-dealkylation sites (N-methyl/N-ethyl adjacent to an activating group) is 1. The average Bonchev–Trinajstić information content (AvgIpc) is 2.77. The van der Waals surface area contributed by atoms with Gasteiger partial charge in [-0.1, -0.05) is 23.7 Å². The minimum Gasteiger partial charge on any atom is -0.375 e. The lowest BCUT2D eigenvalue weighted by Crippen LogP contribution is -2.30. The molecule has 3 nitrogen and oxygen atoms in total. The molecule has 1 aromatic heterocycles. The molecule has 5 heteroatoms. The quantitative estimate of drug-likeness (QED) is 0.919. The number of aromatic nitrogens is 1. The van der Waals surface area contributed by atoms with E-state index >= 15 is 0 Å². The van der Waals surface area contributed by atoms with E-state index in [0.29, 0.717) is 11.2 Å². The molecule has 19 heavy (non-hydrogen) atoms. The maximum absolute atomic E-state index is 5.89. The predicted molar refractivity (Wildman–Crippen MR) is 82.6 cm³/mol. The van der Waals surface area contributed by atoms with Crippen molar-refractivity contribution in [3.8, 4) is 0 Å². The highest BCUT2D eigenvalue weighted by Gasteiger charge is 2.11. The van der Waals surface area contributed by atoms with E-state index in [-0.39, 0.29) is 0 Å². The zero-order chi connectivity index (χ0) is 13.8. The predicted octanol–water partition coefficient (Wildman–Crippen LogP) is 3.44. The van der Waals surface area contributed by atoms with Gasteiger partial charge in [0.1, 0.15) is 0 Å². The molecule has 0 spiro atoms. The van der Waals surface area contributed by atoms with Gasteiger partial charge in [-0.3, -0.25) is 4.90 Å². The SMILES string of the molecule is CC(Cc1ccc(Cl)cc1)N(C)Cc1cnc(N)s1. The molecule has 0 saturated carbocycles.